The Morgan fingerprint density at radius 2 is 2.24 bits per heavy atom. The largest absolute Gasteiger partial charge is 0.314 e. The highest BCUT2D eigenvalue weighted by molar-refractivity contribution is 5.51. The van der Waals surface area contributed by atoms with Gasteiger partial charge in [-0.05, 0) is 13.1 Å². The minimum absolute atomic E-state index is 0.00778. The summed E-state index contributed by atoms with van der Waals surface area (Å²) in [6.45, 7) is 0.570. The van der Waals surface area contributed by atoms with Gasteiger partial charge in [-0.2, -0.15) is 0 Å². The van der Waals surface area contributed by atoms with E-state index in [2.05, 4.69) is 15.6 Å². The first-order valence-electron chi connectivity index (χ1n) is 5.02. The molecule has 0 bridgehead atoms. The molecule has 0 saturated heterocycles. The van der Waals surface area contributed by atoms with Crippen LogP contribution in [0.25, 0.3) is 5.69 Å². The first-order valence-corrected chi connectivity index (χ1v) is 5.02. The number of nitrogens with zero attached hydrogens (tertiary/aromatic N) is 4. The van der Waals surface area contributed by atoms with E-state index in [0.29, 0.717) is 12.2 Å². The van der Waals surface area contributed by atoms with Crippen molar-refractivity contribution >= 4 is 5.69 Å². The molecular weight excluding hydrogens is 222 g/mol. The Morgan fingerprint density at radius 3 is 2.94 bits per heavy atom. The highest BCUT2D eigenvalue weighted by atomic mass is 16.6. The van der Waals surface area contributed by atoms with Crippen LogP contribution in [0, 0.1) is 10.1 Å². The van der Waals surface area contributed by atoms with E-state index in [-0.39, 0.29) is 5.69 Å². The number of rotatable bonds is 4. The lowest BCUT2D eigenvalue weighted by Gasteiger charge is -2.00. The quantitative estimate of drug-likeness (QED) is 0.626. The second-order valence-electron chi connectivity index (χ2n) is 3.43. The maximum atomic E-state index is 10.9. The predicted molar refractivity (Wildman–Crippen MR) is 60.8 cm³/mol. The number of aromatic nitrogens is 3. The molecule has 0 radical (unpaired) electrons. The van der Waals surface area contributed by atoms with E-state index in [4.69, 9.17) is 0 Å². The summed E-state index contributed by atoms with van der Waals surface area (Å²) in [7, 11) is 1.80. The number of nitro benzene ring substituents is 1. The van der Waals surface area contributed by atoms with Crippen LogP contribution in [0.1, 0.15) is 5.69 Å². The third-order valence-corrected chi connectivity index (χ3v) is 2.22. The standard InChI is InChI=1S/C10H11N5O2/c1-11-6-8-7-14(13-12-8)9-4-2-3-5-10(9)15(16)17/h2-5,7,11H,6H2,1H3. The molecule has 17 heavy (non-hydrogen) atoms. The Morgan fingerprint density at radius 1 is 1.47 bits per heavy atom. The molecule has 0 aliphatic rings. The molecule has 0 amide bonds. The van der Waals surface area contributed by atoms with Gasteiger partial charge in [0, 0.05) is 12.6 Å². The Hall–Kier alpha value is -2.28. The zero-order chi connectivity index (χ0) is 12.3. The lowest BCUT2D eigenvalue weighted by molar-refractivity contribution is -0.384. The van der Waals surface area contributed by atoms with Gasteiger partial charge in [-0.3, -0.25) is 10.1 Å². The van der Waals surface area contributed by atoms with Crippen LogP contribution in [0.15, 0.2) is 30.5 Å². The molecule has 1 N–H and O–H groups in total. The third-order valence-electron chi connectivity index (χ3n) is 2.22. The van der Waals surface area contributed by atoms with Crippen molar-refractivity contribution in [3.63, 3.8) is 0 Å². The summed E-state index contributed by atoms with van der Waals surface area (Å²) in [5.74, 6) is 0. The van der Waals surface area contributed by atoms with E-state index < -0.39 is 4.92 Å². The maximum Gasteiger partial charge on any atom is 0.294 e. The summed E-state index contributed by atoms with van der Waals surface area (Å²) in [4.78, 5) is 10.4. The Balaban J connectivity index is 2.41. The number of benzene rings is 1. The van der Waals surface area contributed by atoms with Gasteiger partial charge in [-0.15, -0.1) is 5.10 Å². The number of para-hydroxylation sites is 2. The first kappa shape index (κ1) is 11.2. The van der Waals surface area contributed by atoms with Gasteiger partial charge >= 0.3 is 0 Å². The molecule has 0 aliphatic carbocycles. The molecule has 1 aromatic heterocycles. The normalized spacial score (nSPS) is 10.4. The Kier molecular flexibility index (Phi) is 3.10. The van der Waals surface area contributed by atoms with Crippen molar-refractivity contribution in [2.24, 2.45) is 0 Å². The van der Waals surface area contributed by atoms with Crippen LogP contribution in [0.3, 0.4) is 0 Å². The van der Waals surface area contributed by atoms with Crippen LogP contribution >= 0.6 is 0 Å². The van der Waals surface area contributed by atoms with Crippen LogP contribution in [0.2, 0.25) is 0 Å². The predicted octanol–water partition coefficient (Wildman–Crippen LogP) is 0.895. The molecule has 88 valence electrons. The van der Waals surface area contributed by atoms with Gasteiger partial charge in [0.1, 0.15) is 5.69 Å². The number of hydrogen-bond donors (Lipinski definition) is 1. The zero-order valence-corrected chi connectivity index (χ0v) is 9.20. The van der Waals surface area contributed by atoms with Crippen molar-refractivity contribution in [1.29, 1.82) is 0 Å². The van der Waals surface area contributed by atoms with Gasteiger partial charge in [-0.25, -0.2) is 4.68 Å². The maximum absolute atomic E-state index is 10.9. The number of hydrogen-bond acceptors (Lipinski definition) is 5. The smallest absolute Gasteiger partial charge is 0.294 e. The van der Waals surface area contributed by atoms with Gasteiger partial charge in [0.2, 0.25) is 0 Å². The molecule has 0 atom stereocenters. The van der Waals surface area contributed by atoms with E-state index in [9.17, 15) is 10.1 Å². The van der Waals surface area contributed by atoms with E-state index in [1.54, 1.807) is 31.4 Å². The van der Waals surface area contributed by atoms with E-state index in [1.807, 2.05) is 0 Å². The molecular formula is C10H11N5O2. The minimum atomic E-state index is -0.436. The average Bonchev–Trinajstić information content (AvgIpc) is 2.78. The summed E-state index contributed by atoms with van der Waals surface area (Å²) >= 11 is 0. The van der Waals surface area contributed by atoms with Gasteiger partial charge in [0.25, 0.3) is 5.69 Å². The fourth-order valence-corrected chi connectivity index (χ4v) is 1.49. The van der Waals surface area contributed by atoms with E-state index in [0.717, 1.165) is 5.69 Å². The monoisotopic (exact) mass is 233 g/mol. The molecule has 1 heterocycles. The van der Waals surface area contributed by atoms with Crippen molar-refractivity contribution in [3.8, 4) is 5.69 Å². The van der Waals surface area contributed by atoms with Gasteiger partial charge in [0.05, 0.1) is 16.8 Å². The van der Waals surface area contributed by atoms with Crippen LogP contribution in [0.5, 0.6) is 0 Å². The van der Waals surface area contributed by atoms with E-state index >= 15 is 0 Å². The summed E-state index contributed by atoms with van der Waals surface area (Å²) in [5, 5.41) is 21.6. The molecule has 7 nitrogen and oxygen atoms in total. The molecule has 0 saturated carbocycles. The zero-order valence-electron chi connectivity index (χ0n) is 9.20. The molecule has 0 spiro atoms. The first-order chi connectivity index (χ1) is 8.22. The van der Waals surface area contributed by atoms with Crippen molar-refractivity contribution in [3.05, 3.63) is 46.3 Å². The second-order valence-corrected chi connectivity index (χ2v) is 3.43. The molecule has 1 aromatic carbocycles. The highest BCUT2D eigenvalue weighted by Gasteiger charge is 2.15. The van der Waals surface area contributed by atoms with E-state index in [1.165, 1.54) is 10.7 Å². The topological polar surface area (TPSA) is 85.9 Å². The fourth-order valence-electron chi connectivity index (χ4n) is 1.49. The summed E-state index contributed by atoms with van der Waals surface area (Å²) < 4.78 is 1.41. The van der Waals surface area contributed by atoms with Crippen LogP contribution < -0.4 is 5.32 Å². The third kappa shape index (κ3) is 2.28. The van der Waals surface area contributed by atoms with Crippen molar-refractivity contribution in [2.45, 2.75) is 6.54 Å². The van der Waals surface area contributed by atoms with Gasteiger partial charge < -0.3 is 5.32 Å². The summed E-state index contributed by atoms with van der Waals surface area (Å²) in [6.07, 6.45) is 1.67. The highest BCUT2D eigenvalue weighted by Crippen LogP contribution is 2.21. The second kappa shape index (κ2) is 4.71. The average molecular weight is 233 g/mol. The minimum Gasteiger partial charge on any atom is -0.314 e. The molecule has 2 aromatic rings. The fraction of sp³-hybridized carbons (Fsp3) is 0.200. The Bertz CT molecular complexity index is 537. The molecule has 7 heteroatoms. The number of nitro groups is 1. The molecule has 0 aliphatic heterocycles. The van der Waals surface area contributed by atoms with Crippen LogP contribution in [-0.2, 0) is 6.54 Å². The molecule has 0 fully saturated rings. The summed E-state index contributed by atoms with van der Waals surface area (Å²) in [6, 6.07) is 6.42. The van der Waals surface area contributed by atoms with Gasteiger partial charge in [0.15, 0.2) is 0 Å². The van der Waals surface area contributed by atoms with Gasteiger partial charge in [-0.1, -0.05) is 17.3 Å². The number of nitrogens with one attached hydrogen (secondary N) is 1. The Labute approximate surface area is 97.2 Å². The van der Waals surface area contributed by atoms with Crippen molar-refractivity contribution in [2.75, 3.05) is 7.05 Å². The van der Waals surface area contributed by atoms with Crippen LogP contribution in [0.4, 0.5) is 5.69 Å². The lowest BCUT2D eigenvalue weighted by Crippen LogP contribution is -2.05. The van der Waals surface area contributed by atoms with Crippen molar-refractivity contribution in [1.82, 2.24) is 20.3 Å². The van der Waals surface area contributed by atoms with Crippen LogP contribution in [-0.4, -0.2) is 27.0 Å². The molecule has 2 rings (SSSR count). The SMILES string of the molecule is CNCc1cn(-c2ccccc2[N+](=O)[O-])nn1. The molecule has 0 unspecified atom stereocenters. The summed E-state index contributed by atoms with van der Waals surface area (Å²) in [5.41, 5.74) is 1.14. The lowest BCUT2D eigenvalue weighted by atomic mass is 10.3. The van der Waals surface area contributed by atoms with Crippen molar-refractivity contribution < 1.29 is 4.92 Å².